The molecule has 9 heavy (non-hydrogen) atoms. The molecule has 51 valence electrons. The molecule has 0 amide bonds. The fourth-order valence-electron chi connectivity index (χ4n) is 0.167. The molecule has 0 spiro atoms. The van der Waals surface area contributed by atoms with Crippen molar-refractivity contribution in [1.82, 2.24) is 0 Å². The minimum Gasteiger partial charge on any atom is -0.509 e. The van der Waals surface area contributed by atoms with Gasteiger partial charge < -0.3 is 10.2 Å². The Bertz CT molecular complexity index is 123. The number of carboxylic acid groups (broad SMARTS) is 1. The van der Waals surface area contributed by atoms with Gasteiger partial charge in [0.2, 0.25) is 0 Å². The first-order chi connectivity index (χ1) is 3.63. The van der Waals surface area contributed by atoms with Crippen molar-refractivity contribution < 1.29 is 32.1 Å². The van der Waals surface area contributed by atoms with E-state index in [9.17, 15) is 4.79 Å². The van der Waals surface area contributed by atoms with E-state index in [-0.39, 0.29) is 22.8 Å². The first-order valence-electron chi connectivity index (χ1n) is 1.92. The third kappa shape index (κ3) is 11.1. The van der Waals surface area contributed by atoms with E-state index in [1.165, 1.54) is 0 Å². The van der Waals surface area contributed by atoms with Crippen molar-refractivity contribution in [2.75, 3.05) is 0 Å². The average molecular weight is 169 g/mol. The molecule has 0 fully saturated rings. The Kier molecular flexibility index (Phi) is 6.68. The largest absolute Gasteiger partial charge is 0.509 e. The smallest absolute Gasteiger partial charge is 0.328 e. The third-order valence-corrected chi connectivity index (χ3v) is 0.418. The topological polar surface area (TPSA) is 57.5 Å². The zero-order valence-electron chi connectivity index (χ0n) is 4.54. The Hall–Kier alpha value is -0.731. The van der Waals surface area contributed by atoms with Gasteiger partial charge in [0.1, 0.15) is 5.76 Å². The molecule has 0 aromatic carbocycles. The van der Waals surface area contributed by atoms with Crippen LogP contribution in [-0.4, -0.2) is 16.2 Å². The summed E-state index contributed by atoms with van der Waals surface area (Å²) >= 11 is 0. The van der Waals surface area contributed by atoms with E-state index in [4.69, 9.17) is 10.2 Å². The number of aliphatic hydroxyl groups excluding tert-OH is 1. The van der Waals surface area contributed by atoms with E-state index in [1.54, 1.807) is 0 Å². The van der Waals surface area contributed by atoms with Crippen LogP contribution in [0.2, 0.25) is 0 Å². The molecule has 3 nitrogen and oxygen atoms in total. The summed E-state index contributed by atoms with van der Waals surface area (Å²) in [7, 11) is 0. The normalized spacial score (nSPS) is 8.44. The second kappa shape index (κ2) is 5.41. The predicted octanol–water partition coefficient (Wildman–Crippen LogP) is 0.696. The van der Waals surface area contributed by atoms with E-state index in [2.05, 4.69) is 6.58 Å². The maximum absolute atomic E-state index is 9.66. The molecule has 0 rings (SSSR count). The molecule has 2 N–H and O–H groups in total. The van der Waals surface area contributed by atoms with E-state index in [0.29, 0.717) is 0 Å². The number of allylic oxidation sites excluding steroid dienone is 1. The first kappa shape index (κ1) is 11.1. The number of hydrogen-bond acceptors (Lipinski definition) is 2. The second-order valence-electron chi connectivity index (χ2n) is 1.16. The number of aliphatic carboxylic acids is 1. The molecule has 4 heteroatoms. The summed E-state index contributed by atoms with van der Waals surface area (Å²) in [6.45, 7) is 3.03. The van der Waals surface area contributed by atoms with Gasteiger partial charge in [-0.25, -0.2) is 4.79 Å². The molecule has 0 heterocycles. The monoisotopic (exact) mass is 169 g/mol. The Morgan fingerprint density at radius 2 is 1.78 bits per heavy atom. The van der Waals surface area contributed by atoms with Crippen LogP contribution in [0.25, 0.3) is 0 Å². The van der Waals surface area contributed by atoms with E-state index in [1.807, 2.05) is 0 Å². The van der Waals surface area contributed by atoms with Crippen molar-refractivity contribution in [3.8, 4) is 0 Å². The van der Waals surface area contributed by atoms with Gasteiger partial charge >= 0.3 is 5.97 Å². The van der Waals surface area contributed by atoms with Crippen LogP contribution < -0.4 is 0 Å². The average Bonchev–Trinajstić information content (AvgIpc) is 1.61. The van der Waals surface area contributed by atoms with Crippen LogP contribution in [0.5, 0.6) is 0 Å². The van der Waals surface area contributed by atoms with Gasteiger partial charge in [0, 0.05) is 23.1 Å². The zero-order chi connectivity index (χ0) is 6.57. The molecule has 0 aromatic heterocycles. The summed E-state index contributed by atoms with van der Waals surface area (Å²) in [5, 5.41) is 16.2. The number of carboxylic acids is 1. The summed E-state index contributed by atoms with van der Waals surface area (Å²) in [6, 6.07) is 0. The Morgan fingerprint density at radius 1 is 1.33 bits per heavy atom. The van der Waals surface area contributed by atoms with Gasteiger partial charge in [0.25, 0.3) is 0 Å². The first-order valence-corrected chi connectivity index (χ1v) is 1.92. The minimum absolute atomic E-state index is 0. The molecule has 0 saturated carbocycles. The van der Waals surface area contributed by atoms with Crippen LogP contribution >= 0.6 is 0 Å². The fourth-order valence-corrected chi connectivity index (χ4v) is 0.167. The van der Waals surface area contributed by atoms with Gasteiger partial charge in [-0.3, -0.25) is 0 Å². The molecule has 1 radical (unpaired) electrons. The summed E-state index contributed by atoms with van der Waals surface area (Å²) in [4.78, 5) is 9.66. The molecule has 0 aromatic rings. The molecular formula is C5H6MnO3. The molecule has 0 bridgehead atoms. The van der Waals surface area contributed by atoms with Gasteiger partial charge in [-0.1, -0.05) is 6.58 Å². The minimum atomic E-state index is -1.10. The van der Waals surface area contributed by atoms with Crippen molar-refractivity contribution in [3.63, 3.8) is 0 Å². The molecule has 0 atom stereocenters. The molecule has 0 aliphatic carbocycles. The van der Waals surface area contributed by atoms with Crippen molar-refractivity contribution in [3.05, 3.63) is 24.5 Å². The van der Waals surface area contributed by atoms with E-state index in [0.717, 1.165) is 12.2 Å². The number of rotatable bonds is 2. The quantitative estimate of drug-likeness (QED) is 0.277. The van der Waals surface area contributed by atoms with Gasteiger partial charge in [0.05, 0.1) is 0 Å². The summed E-state index contributed by atoms with van der Waals surface area (Å²) in [5.41, 5.74) is 0. The number of aliphatic hydroxyl groups is 1. The summed E-state index contributed by atoms with van der Waals surface area (Å²) in [6.07, 6.45) is 1.81. The van der Waals surface area contributed by atoms with Crippen LogP contribution in [0.15, 0.2) is 24.5 Å². The molecule has 0 unspecified atom stereocenters. The SMILES string of the molecule is C=C(O)/C=C\C(=O)O.[Mn]. The number of carbonyl (C=O) groups is 1. The third-order valence-electron chi connectivity index (χ3n) is 0.418. The molecule has 0 aliphatic heterocycles. The van der Waals surface area contributed by atoms with Crippen LogP contribution in [0, 0.1) is 0 Å². The summed E-state index contributed by atoms with van der Waals surface area (Å²) < 4.78 is 0. The zero-order valence-corrected chi connectivity index (χ0v) is 5.72. The molecule has 0 aliphatic rings. The van der Waals surface area contributed by atoms with Gasteiger partial charge in [-0.2, -0.15) is 0 Å². The van der Waals surface area contributed by atoms with E-state index < -0.39 is 5.97 Å². The van der Waals surface area contributed by atoms with Crippen molar-refractivity contribution in [2.45, 2.75) is 0 Å². The molecular weight excluding hydrogens is 163 g/mol. The van der Waals surface area contributed by atoms with Gasteiger partial charge in [0.15, 0.2) is 0 Å². The van der Waals surface area contributed by atoms with Crippen molar-refractivity contribution in [2.24, 2.45) is 0 Å². The Balaban J connectivity index is 0. The maximum atomic E-state index is 9.66. The van der Waals surface area contributed by atoms with Crippen molar-refractivity contribution in [1.29, 1.82) is 0 Å². The van der Waals surface area contributed by atoms with Crippen LogP contribution in [0.1, 0.15) is 0 Å². The Morgan fingerprint density at radius 3 is 1.89 bits per heavy atom. The standard InChI is InChI=1S/C5H6O3.Mn/c1-4(6)2-3-5(7)8;/h2-3,6H,1H2,(H,7,8);/b3-2-;. The molecule has 0 saturated heterocycles. The Labute approximate surface area is 63.2 Å². The fraction of sp³-hybridized carbons (Fsp3) is 0. The van der Waals surface area contributed by atoms with Crippen LogP contribution in [0.4, 0.5) is 0 Å². The second-order valence-corrected chi connectivity index (χ2v) is 1.16. The maximum Gasteiger partial charge on any atom is 0.328 e. The predicted molar refractivity (Wildman–Crippen MR) is 28.5 cm³/mol. The van der Waals surface area contributed by atoms with Gasteiger partial charge in [-0.15, -0.1) is 0 Å². The number of hydrogen-bond donors (Lipinski definition) is 2. The van der Waals surface area contributed by atoms with Crippen molar-refractivity contribution >= 4 is 5.97 Å². The summed E-state index contributed by atoms with van der Waals surface area (Å²) in [5.74, 6) is -1.35. The van der Waals surface area contributed by atoms with Crippen LogP contribution in [0.3, 0.4) is 0 Å². The van der Waals surface area contributed by atoms with Crippen LogP contribution in [-0.2, 0) is 21.9 Å². The van der Waals surface area contributed by atoms with Gasteiger partial charge in [-0.05, 0) is 6.08 Å². The van der Waals surface area contributed by atoms with E-state index >= 15 is 0 Å².